The predicted octanol–water partition coefficient (Wildman–Crippen LogP) is 1.93. The van der Waals surface area contributed by atoms with Gasteiger partial charge in [0.1, 0.15) is 0 Å². The van der Waals surface area contributed by atoms with Crippen LogP contribution >= 0.6 is 0 Å². The molecule has 0 spiro atoms. The van der Waals surface area contributed by atoms with Crippen LogP contribution in [0.2, 0.25) is 0 Å². The molecule has 1 aliphatic carbocycles. The lowest BCUT2D eigenvalue weighted by Crippen LogP contribution is -2.32. The molecule has 2 N–H and O–H groups in total. The van der Waals surface area contributed by atoms with Crippen LogP contribution in [0, 0.1) is 5.92 Å². The van der Waals surface area contributed by atoms with E-state index in [-0.39, 0.29) is 0 Å². The average molecular weight is 185 g/mol. The predicted molar refractivity (Wildman–Crippen MR) is 55.7 cm³/mol. The fraction of sp³-hybridized carbons (Fsp3) is 1.00. The van der Waals surface area contributed by atoms with Crippen molar-refractivity contribution in [1.29, 1.82) is 0 Å². The molecule has 2 unspecified atom stereocenters. The van der Waals surface area contributed by atoms with Crippen LogP contribution < -0.4 is 5.32 Å². The fourth-order valence-corrected chi connectivity index (χ4v) is 1.97. The molecule has 1 aliphatic rings. The summed E-state index contributed by atoms with van der Waals surface area (Å²) in [5.74, 6) is 0.889. The summed E-state index contributed by atoms with van der Waals surface area (Å²) in [4.78, 5) is 0. The third kappa shape index (κ3) is 4.63. The number of hydrogen-bond acceptors (Lipinski definition) is 2. The molecule has 0 radical (unpaired) electrons. The molecule has 0 heterocycles. The highest BCUT2D eigenvalue weighted by atomic mass is 16.3. The Balaban J connectivity index is 2.07. The van der Waals surface area contributed by atoms with E-state index in [0.29, 0.717) is 6.04 Å². The maximum absolute atomic E-state index is 9.50. The van der Waals surface area contributed by atoms with Gasteiger partial charge in [0.25, 0.3) is 0 Å². The molecule has 0 aromatic heterocycles. The Morgan fingerprint density at radius 1 is 1.38 bits per heavy atom. The van der Waals surface area contributed by atoms with Crippen molar-refractivity contribution >= 4 is 0 Å². The number of nitrogens with one attached hydrogen (secondary N) is 1. The van der Waals surface area contributed by atoms with Crippen LogP contribution in [0.25, 0.3) is 0 Å². The van der Waals surface area contributed by atoms with Crippen molar-refractivity contribution in [2.45, 2.75) is 58.1 Å². The van der Waals surface area contributed by atoms with E-state index in [1.165, 1.54) is 19.3 Å². The average Bonchev–Trinajstić information content (AvgIpc) is 2.33. The fourth-order valence-electron chi connectivity index (χ4n) is 1.97. The minimum Gasteiger partial charge on any atom is -0.390 e. The molecule has 13 heavy (non-hydrogen) atoms. The van der Waals surface area contributed by atoms with Gasteiger partial charge in [-0.15, -0.1) is 0 Å². The maximum atomic E-state index is 9.50. The van der Waals surface area contributed by atoms with E-state index >= 15 is 0 Å². The Morgan fingerprint density at radius 3 is 2.54 bits per heavy atom. The molecule has 1 rings (SSSR count). The van der Waals surface area contributed by atoms with Crippen molar-refractivity contribution in [3.63, 3.8) is 0 Å². The Labute approximate surface area is 81.7 Å². The summed E-state index contributed by atoms with van der Waals surface area (Å²) in [5, 5.41) is 13.0. The van der Waals surface area contributed by atoms with Crippen LogP contribution in [0.4, 0.5) is 0 Å². The van der Waals surface area contributed by atoms with Crippen LogP contribution in [0.3, 0.4) is 0 Å². The molecule has 2 heteroatoms. The summed E-state index contributed by atoms with van der Waals surface area (Å²) >= 11 is 0. The highest BCUT2D eigenvalue weighted by Gasteiger charge is 2.21. The maximum Gasteiger partial charge on any atom is 0.0603 e. The molecule has 0 aliphatic heterocycles. The minimum absolute atomic E-state index is 0.517. The summed E-state index contributed by atoms with van der Waals surface area (Å²) in [6, 6.07) is 0.706. The Morgan fingerprint density at radius 2 is 2.08 bits per heavy atom. The zero-order valence-electron chi connectivity index (χ0n) is 9.14. The zero-order chi connectivity index (χ0) is 9.90. The van der Waals surface area contributed by atoms with Gasteiger partial charge in [-0.1, -0.05) is 6.92 Å². The SMILES string of the molecule is CC1CCC(NCCC(C)(C)O)C1. The first kappa shape index (κ1) is 11.0. The number of hydrogen-bond donors (Lipinski definition) is 2. The molecule has 1 fully saturated rings. The van der Waals surface area contributed by atoms with E-state index < -0.39 is 5.60 Å². The molecular weight excluding hydrogens is 162 g/mol. The van der Waals surface area contributed by atoms with Gasteiger partial charge in [0, 0.05) is 6.04 Å². The van der Waals surface area contributed by atoms with Crippen molar-refractivity contribution in [1.82, 2.24) is 5.32 Å². The molecule has 2 nitrogen and oxygen atoms in total. The van der Waals surface area contributed by atoms with Gasteiger partial charge in [-0.3, -0.25) is 0 Å². The smallest absolute Gasteiger partial charge is 0.0603 e. The minimum atomic E-state index is -0.517. The summed E-state index contributed by atoms with van der Waals surface area (Å²) < 4.78 is 0. The second kappa shape index (κ2) is 4.43. The standard InChI is InChI=1S/C11H23NO/c1-9-4-5-10(8-9)12-7-6-11(2,3)13/h9-10,12-13H,4-8H2,1-3H3. The monoisotopic (exact) mass is 185 g/mol. The summed E-state index contributed by atoms with van der Waals surface area (Å²) in [6.45, 7) is 7.00. The molecule has 0 saturated heterocycles. The van der Waals surface area contributed by atoms with Gasteiger partial charge in [0.2, 0.25) is 0 Å². The van der Waals surface area contributed by atoms with E-state index in [2.05, 4.69) is 12.2 Å². The number of aliphatic hydroxyl groups is 1. The van der Waals surface area contributed by atoms with Crippen LogP contribution in [-0.4, -0.2) is 23.3 Å². The van der Waals surface area contributed by atoms with Crippen molar-refractivity contribution in [3.05, 3.63) is 0 Å². The second-order valence-corrected chi connectivity index (χ2v) is 5.13. The summed E-state index contributed by atoms with van der Waals surface area (Å²) in [7, 11) is 0. The van der Waals surface area contributed by atoms with E-state index in [4.69, 9.17) is 0 Å². The van der Waals surface area contributed by atoms with Gasteiger partial charge >= 0.3 is 0 Å². The van der Waals surface area contributed by atoms with E-state index in [1.807, 2.05) is 13.8 Å². The Bertz CT molecular complexity index is 151. The van der Waals surface area contributed by atoms with Crippen molar-refractivity contribution in [2.24, 2.45) is 5.92 Å². The van der Waals surface area contributed by atoms with Gasteiger partial charge in [-0.2, -0.15) is 0 Å². The molecule has 2 atom stereocenters. The zero-order valence-corrected chi connectivity index (χ0v) is 9.14. The van der Waals surface area contributed by atoms with Gasteiger partial charge in [-0.25, -0.2) is 0 Å². The quantitative estimate of drug-likeness (QED) is 0.701. The molecular formula is C11H23NO. The van der Waals surface area contributed by atoms with Gasteiger partial charge in [-0.05, 0) is 52.0 Å². The van der Waals surface area contributed by atoms with E-state index in [1.54, 1.807) is 0 Å². The topological polar surface area (TPSA) is 32.3 Å². The lowest BCUT2D eigenvalue weighted by Gasteiger charge is -2.19. The van der Waals surface area contributed by atoms with Crippen LogP contribution in [0.1, 0.15) is 46.5 Å². The highest BCUT2D eigenvalue weighted by Crippen LogP contribution is 2.24. The first-order valence-corrected chi connectivity index (χ1v) is 5.43. The van der Waals surface area contributed by atoms with Gasteiger partial charge in [0.05, 0.1) is 5.60 Å². The van der Waals surface area contributed by atoms with E-state index in [0.717, 1.165) is 18.9 Å². The highest BCUT2D eigenvalue weighted by molar-refractivity contribution is 4.79. The summed E-state index contributed by atoms with van der Waals surface area (Å²) in [6.07, 6.45) is 4.83. The first-order valence-electron chi connectivity index (χ1n) is 5.43. The number of rotatable bonds is 4. The Kier molecular flexibility index (Phi) is 3.74. The van der Waals surface area contributed by atoms with E-state index in [9.17, 15) is 5.11 Å². The van der Waals surface area contributed by atoms with Gasteiger partial charge < -0.3 is 10.4 Å². The first-order chi connectivity index (χ1) is 5.97. The van der Waals surface area contributed by atoms with Crippen molar-refractivity contribution < 1.29 is 5.11 Å². The second-order valence-electron chi connectivity index (χ2n) is 5.13. The molecule has 0 bridgehead atoms. The molecule has 0 aromatic rings. The Hall–Kier alpha value is -0.0800. The van der Waals surface area contributed by atoms with Crippen LogP contribution in [-0.2, 0) is 0 Å². The third-order valence-electron chi connectivity index (χ3n) is 2.86. The lowest BCUT2D eigenvalue weighted by molar-refractivity contribution is 0.0704. The van der Waals surface area contributed by atoms with Gasteiger partial charge in [0.15, 0.2) is 0 Å². The molecule has 1 saturated carbocycles. The van der Waals surface area contributed by atoms with Crippen molar-refractivity contribution in [3.8, 4) is 0 Å². The molecule has 0 amide bonds. The van der Waals surface area contributed by atoms with Crippen LogP contribution in [0.15, 0.2) is 0 Å². The lowest BCUT2D eigenvalue weighted by atomic mass is 10.1. The van der Waals surface area contributed by atoms with Crippen LogP contribution in [0.5, 0.6) is 0 Å². The largest absolute Gasteiger partial charge is 0.390 e. The van der Waals surface area contributed by atoms with Crippen molar-refractivity contribution in [2.75, 3.05) is 6.54 Å². The molecule has 78 valence electrons. The summed E-state index contributed by atoms with van der Waals surface area (Å²) in [5.41, 5.74) is -0.517. The molecule has 0 aromatic carbocycles. The third-order valence-corrected chi connectivity index (χ3v) is 2.86. The normalized spacial score (nSPS) is 29.5.